The second kappa shape index (κ2) is 9.84. The molecule has 2 rings (SSSR count). The van der Waals surface area contributed by atoms with E-state index in [1.54, 1.807) is 44.6 Å². The predicted molar refractivity (Wildman–Crippen MR) is 107 cm³/mol. The molecule has 0 atom stereocenters. The third kappa shape index (κ3) is 6.42. The number of anilines is 1. The normalized spacial score (nSPS) is 9.96. The summed E-state index contributed by atoms with van der Waals surface area (Å²) in [6.45, 7) is 0. The summed E-state index contributed by atoms with van der Waals surface area (Å²) in [7, 11) is 3.17. The van der Waals surface area contributed by atoms with Crippen LogP contribution in [0.1, 0.15) is 12.0 Å². The maximum Gasteiger partial charge on any atom is 0.238 e. The summed E-state index contributed by atoms with van der Waals surface area (Å²) >= 11 is 11.0. The number of hydrogen-bond donors (Lipinski definition) is 3. The van der Waals surface area contributed by atoms with Gasteiger partial charge in [0, 0.05) is 23.2 Å². The zero-order valence-electron chi connectivity index (χ0n) is 14.5. The first-order valence-electron chi connectivity index (χ1n) is 7.83. The number of hydrogen-bond acceptors (Lipinski definition) is 4. The molecule has 0 radical (unpaired) electrons. The van der Waals surface area contributed by atoms with E-state index in [4.69, 9.17) is 33.3 Å². The maximum atomic E-state index is 12.0. The van der Waals surface area contributed by atoms with Crippen LogP contribution in [0.5, 0.6) is 11.5 Å². The largest absolute Gasteiger partial charge is 0.497 e. The minimum Gasteiger partial charge on any atom is -0.497 e. The predicted octanol–water partition coefficient (Wildman–Crippen LogP) is 3.31. The summed E-state index contributed by atoms with van der Waals surface area (Å²) in [5.41, 5.74) is 6.94. The fourth-order valence-corrected chi connectivity index (χ4v) is 2.45. The summed E-state index contributed by atoms with van der Waals surface area (Å²) in [5, 5.41) is 3.86. The van der Waals surface area contributed by atoms with Crippen molar-refractivity contribution >= 4 is 40.5 Å². The van der Waals surface area contributed by atoms with Gasteiger partial charge in [0.1, 0.15) is 11.5 Å². The lowest BCUT2D eigenvalue weighted by Crippen LogP contribution is -2.43. The molecule has 0 aliphatic heterocycles. The standard InChI is InChI=1S/C18H20ClN3O3S/c1-24-15-9-12(10-16(11-15)25-2)3-8-17(23)21-22-18(26)20-14-6-4-13(19)5-7-14/h4-7,9-11H,3,8H2,1-2H3,(H,21,23)(H2,20,22,26). The number of halogens is 1. The number of ether oxygens (including phenoxy) is 2. The Morgan fingerprint density at radius 3 is 2.23 bits per heavy atom. The van der Waals surface area contributed by atoms with Gasteiger partial charge in [-0.3, -0.25) is 15.6 Å². The van der Waals surface area contributed by atoms with Crippen LogP contribution in [0.15, 0.2) is 42.5 Å². The molecule has 1 amide bonds. The smallest absolute Gasteiger partial charge is 0.238 e. The number of thiocarbonyl (C=S) groups is 1. The van der Waals surface area contributed by atoms with Crippen molar-refractivity contribution in [2.45, 2.75) is 12.8 Å². The first kappa shape index (κ1) is 19.8. The van der Waals surface area contributed by atoms with Crippen molar-refractivity contribution in [2.24, 2.45) is 0 Å². The highest BCUT2D eigenvalue weighted by atomic mass is 35.5. The molecule has 0 aromatic heterocycles. The van der Waals surface area contributed by atoms with Gasteiger partial charge in [0.15, 0.2) is 5.11 Å². The number of aryl methyl sites for hydroxylation is 1. The SMILES string of the molecule is COc1cc(CCC(=O)NNC(=S)Nc2ccc(Cl)cc2)cc(OC)c1. The van der Waals surface area contributed by atoms with Crippen LogP contribution in [0.25, 0.3) is 0 Å². The zero-order chi connectivity index (χ0) is 18.9. The van der Waals surface area contributed by atoms with Crippen LogP contribution in [0, 0.1) is 0 Å². The van der Waals surface area contributed by atoms with E-state index >= 15 is 0 Å². The lowest BCUT2D eigenvalue weighted by Gasteiger charge is -2.12. The molecule has 2 aromatic rings. The van der Waals surface area contributed by atoms with E-state index in [1.807, 2.05) is 12.1 Å². The van der Waals surface area contributed by atoms with Gasteiger partial charge in [-0.05, 0) is 60.6 Å². The third-order valence-electron chi connectivity index (χ3n) is 3.47. The van der Waals surface area contributed by atoms with Crippen molar-refractivity contribution < 1.29 is 14.3 Å². The maximum absolute atomic E-state index is 12.0. The van der Waals surface area contributed by atoms with E-state index in [-0.39, 0.29) is 17.4 Å². The molecule has 3 N–H and O–H groups in total. The second-order valence-corrected chi connectivity index (χ2v) is 6.20. The minimum absolute atomic E-state index is 0.188. The van der Waals surface area contributed by atoms with E-state index in [2.05, 4.69) is 16.2 Å². The minimum atomic E-state index is -0.188. The third-order valence-corrected chi connectivity index (χ3v) is 3.93. The quantitative estimate of drug-likeness (QED) is 0.516. The average molecular weight is 394 g/mol. The fraction of sp³-hybridized carbons (Fsp3) is 0.222. The summed E-state index contributed by atoms with van der Waals surface area (Å²) < 4.78 is 10.4. The van der Waals surface area contributed by atoms with Crippen molar-refractivity contribution in [2.75, 3.05) is 19.5 Å². The summed E-state index contributed by atoms with van der Waals surface area (Å²) in [6.07, 6.45) is 0.825. The van der Waals surface area contributed by atoms with Gasteiger partial charge in [0.25, 0.3) is 0 Å². The van der Waals surface area contributed by atoms with Crippen LogP contribution in [0.4, 0.5) is 5.69 Å². The average Bonchev–Trinajstić information content (AvgIpc) is 2.66. The molecule has 0 saturated carbocycles. The van der Waals surface area contributed by atoms with E-state index in [9.17, 15) is 4.79 Å². The van der Waals surface area contributed by atoms with E-state index in [0.29, 0.717) is 22.9 Å². The number of carbonyl (C=O) groups excluding carboxylic acids is 1. The molecular formula is C18H20ClN3O3S. The Morgan fingerprint density at radius 1 is 1.04 bits per heavy atom. The molecule has 0 aliphatic rings. The Hall–Kier alpha value is -2.51. The molecule has 8 heteroatoms. The molecule has 138 valence electrons. The van der Waals surface area contributed by atoms with Crippen molar-refractivity contribution in [3.05, 3.63) is 53.1 Å². The van der Waals surface area contributed by atoms with E-state index in [0.717, 1.165) is 11.3 Å². The van der Waals surface area contributed by atoms with Gasteiger partial charge in [-0.15, -0.1) is 0 Å². The molecule has 0 aliphatic carbocycles. The first-order chi connectivity index (χ1) is 12.5. The van der Waals surface area contributed by atoms with E-state index in [1.165, 1.54) is 0 Å². The summed E-state index contributed by atoms with van der Waals surface area (Å²) in [4.78, 5) is 12.0. The number of rotatable bonds is 6. The number of amides is 1. The number of benzene rings is 2. The number of carbonyl (C=O) groups is 1. The van der Waals surface area contributed by atoms with Gasteiger partial charge in [-0.2, -0.15) is 0 Å². The molecule has 0 fully saturated rings. The van der Waals surface area contributed by atoms with Crippen molar-refractivity contribution in [3.8, 4) is 11.5 Å². The highest BCUT2D eigenvalue weighted by molar-refractivity contribution is 7.80. The van der Waals surface area contributed by atoms with E-state index < -0.39 is 0 Å². The summed E-state index contributed by atoms with van der Waals surface area (Å²) in [5.74, 6) is 1.18. The molecule has 0 heterocycles. The topological polar surface area (TPSA) is 71.6 Å². The van der Waals surface area contributed by atoms with Gasteiger partial charge in [0.2, 0.25) is 5.91 Å². The van der Waals surface area contributed by atoms with Crippen molar-refractivity contribution in [1.82, 2.24) is 10.9 Å². The molecule has 26 heavy (non-hydrogen) atoms. The van der Waals surface area contributed by atoms with Gasteiger partial charge >= 0.3 is 0 Å². The van der Waals surface area contributed by atoms with Crippen LogP contribution >= 0.6 is 23.8 Å². The van der Waals surface area contributed by atoms with Gasteiger partial charge in [0.05, 0.1) is 14.2 Å². The second-order valence-electron chi connectivity index (χ2n) is 5.36. The molecule has 0 saturated heterocycles. The molecule has 0 spiro atoms. The van der Waals surface area contributed by atoms with Gasteiger partial charge < -0.3 is 14.8 Å². The lowest BCUT2D eigenvalue weighted by atomic mass is 10.1. The van der Waals surface area contributed by atoms with Crippen LogP contribution in [-0.2, 0) is 11.2 Å². The Kier molecular flexibility index (Phi) is 7.50. The molecule has 0 bridgehead atoms. The molecular weight excluding hydrogens is 374 g/mol. The highest BCUT2D eigenvalue weighted by Crippen LogP contribution is 2.23. The zero-order valence-corrected chi connectivity index (χ0v) is 16.0. The monoisotopic (exact) mass is 393 g/mol. The Labute approximate surface area is 162 Å². The number of hydrazine groups is 1. The van der Waals surface area contributed by atoms with Crippen LogP contribution in [0.2, 0.25) is 5.02 Å². The van der Waals surface area contributed by atoms with Gasteiger partial charge in [-0.25, -0.2) is 0 Å². The van der Waals surface area contributed by atoms with Crippen LogP contribution < -0.4 is 25.6 Å². The number of nitrogens with one attached hydrogen (secondary N) is 3. The molecule has 0 unspecified atom stereocenters. The fourth-order valence-electron chi connectivity index (χ4n) is 2.15. The van der Waals surface area contributed by atoms with Crippen molar-refractivity contribution in [1.29, 1.82) is 0 Å². The summed E-state index contributed by atoms with van der Waals surface area (Å²) in [6, 6.07) is 12.6. The van der Waals surface area contributed by atoms with Crippen LogP contribution in [-0.4, -0.2) is 25.2 Å². The Morgan fingerprint density at radius 2 is 1.65 bits per heavy atom. The van der Waals surface area contributed by atoms with Crippen LogP contribution in [0.3, 0.4) is 0 Å². The van der Waals surface area contributed by atoms with Gasteiger partial charge in [-0.1, -0.05) is 11.6 Å². The first-order valence-corrected chi connectivity index (χ1v) is 8.62. The van der Waals surface area contributed by atoms with Crippen molar-refractivity contribution in [3.63, 3.8) is 0 Å². The Bertz CT molecular complexity index is 747. The molecule has 6 nitrogen and oxygen atoms in total. The highest BCUT2D eigenvalue weighted by Gasteiger charge is 2.06. The lowest BCUT2D eigenvalue weighted by molar-refractivity contribution is -0.121. The molecule has 2 aromatic carbocycles. The number of methoxy groups -OCH3 is 2. The Balaban J connectivity index is 1.78.